The highest BCUT2D eigenvalue weighted by Crippen LogP contribution is 2.42. The van der Waals surface area contributed by atoms with E-state index >= 15 is 0 Å². The van der Waals surface area contributed by atoms with E-state index in [0.29, 0.717) is 0 Å². The molecule has 2 rings (SSSR count). The van der Waals surface area contributed by atoms with Crippen LogP contribution in [0.15, 0.2) is 25.3 Å². The maximum Gasteiger partial charge on any atom is 0.170 e. The molecule has 0 radical (unpaired) electrons. The van der Waals surface area contributed by atoms with Crippen LogP contribution in [0.2, 0.25) is 0 Å². The van der Waals surface area contributed by atoms with Crippen LogP contribution in [-0.4, -0.2) is 18.0 Å². The van der Waals surface area contributed by atoms with E-state index < -0.39 is 0 Å². The van der Waals surface area contributed by atoms with Crippen molar-refractivity contribution < 1.29 is 9.47 Å². The Labute approximate surface area is 79.2 Å². The molecule has 72 valence electrons. The van der Waals surface area contributed by atoms with Crippen molar-refractivity contribution in [1.82, 2.24) is 0 Å². The van der Waals surface area contributed by atoms with E-state index in [0.717, 1.165) is 25.7 Å². The van der Waals surface area contributed by atoms with Crippen LogP contribution in [0.5, 0.6) is 0 Å². The van der Waals surface area contributed by atoms with Gasteiger partial charge in [0.1, 0.15) is 0 Å². The molecule has 13 heavy (non-hydrogen) atoms. The van der Waals surface area contributed by atoms with Gasteiger partial charge in [-0.1, -0.05) is 12.2 Å². The maximum absolute atomic E-state index is 5.80. The topological polar surface area (TPSA) is 18.5 Å². The van der Waals surface area contributed by atoms with E-state index in [9.17, 15) is 0 Å². The number of rotatable bonds is 2. The lowest BCUT2D eigenvalue weighted by Crippen LogP contribution is -2.28. The molecule has 2 fully saturated rings. The van der Waals surface area contributed by atoms with E-state index in [1.165, 1.54) is 0 Å². The molecule has 2 atom stereocenters. The SMILES string of the molecule is C=CC1CCC2(CCC(C=C)O2)O1. The molecule has 2 saturated heterocycles. The summed E-state index contributed by atoms with van der Waals surface area (Å²) in [6.07, 6.45) is 8.15. The lowest BCUT2D eigenvalue weighted by Gasteiger charge is -2.23. The van der Waals surface area contributed by atoms with Gasteiger partial charge in [-0.05, 0) is 12.8 Å². The minimum atomic E-state index is -0.308. The molecule has 2 heterocycles. The van der Waals surface area contributed by atoms with E-state index in [2.05, 4.69) is 13.2 Å². The minimum Gasteiger partial charge on any atom is -0.343 e. The van der Waals surface area contributed by atoms with Gasteiger partial charge >= 0.3 is 0 Å². The molecular formula is C11H16O2. The third-order valence-electron chi connectivity index (χ3n) is 2.88. The molecule has 2 aliphatic heterocycles. The van der Waals surface area contributed by atoms with Crippen LogP contribution in [-0.2, 0) is 9.47 Å². The van der Waals surface area contributed by atoms with Crippen molar-refractivity contribution in [3.63, 3.8) is 0 Å². The first-order valence-corrected chi connectivity index (χ1v) is 4.89. The predicted octanol–water partition coefficient (Wildman–Crippen LogP) is 2.41. The Balaban J connectivity index is 2.00. The first-order valence-electron chi connectivity index (χ1n) is 4.89. The van der Waals surface area contributed by atoms with Gasteiger partial charge in [-0.25, -0.2) is 0 Å². The lowest BCUT2D eigenvalue weighted by molar-refractivity contribution is -0.202. The van der Waals surface area contributed by atoms with Crippen LogP contribution in [0, 0.1) is 0 Å². The Bertz CT molecular complexity index is 198. The van der Waals surface area contributed by atoms with Gasteiger partial charge in [0.2, 0.25) is 0 Å². The van der Waals surface area contributed by atoms with Crippen LogP contribution < -0.4 is 0 Å². The van der Waals surface area contributed by atoms with Crippen molar-refractivity contribution in [2.45, 2.75) is 43.7 Å². The first-order chi connectivity index (χ1) is 6.28. The van der Waals surface area contributed by atoms with Crippen molar-refractivity contribution >= 4 is 0 Å². The van der Waals surface area contributed by atoms with Crippen molar-refractivity contribution in [2.24, 2.45) is 0 Å². The molecule has 0 aromatic heterocycles. The summed E-state index contributed by atoms with van der Waals surface area (Å²) in [4.78, 5) is 0. The normalized spacial score (nSPS) is 44.0. The summed E-state index contributed by atoms with van der Waals surface area (Å²) in [5.74, 6) is -0.308. The van der Waals surface area contributed by atoms with Gasteiger partial charge in [-0.15, -0.1) is 13.2 Å². The summed E-state index contributed by atoms with van der Waals surface area (Å²) >= 11 is 0. The number of hydrogen-bond acceptors (Lipinski definition) is 2. The highest BCUT2D eigenvalue weighted by molar-refractivity contribution is 4.97. The first kappa shape index (κ1) is 8.97. The zero-order chi connectivity index (χ0) is 9.31. The summed E-state index contributed by atoms with van der Waals surface area (Å²) in [5.41, 5.74) is 0. The monoisotopic (exact) mass is 180 g/mol. The third-order valence-corrected chi connectivity index (χ3v) is 2.88. The van der Waals surface area contributed by atoms with Crippen LogP contribution in [0.1, 0.15) is 25.7 Å². The van der Waals surface area contributed by atoms with Crippen molar-refractivity contribution in [3.8, 4) is 0 Å². The molecule has 1 spiro atoms. The second-order valence-corrected chi connectivity index (χ2v) is 3.77. The number of hydrogen-bond donors (Lipinski definition) is 0. The molecule has 0 aromatic rings. The quantitative estimate of drug-likeness (QED) is 0.607. The summed E-state index contributed by atoms with van der Waals surface area (Å²) in [6, 6.07) is 0. The van der Waals surface area contributed by atoms with Gasteiger partial charge in [0.15, 0.2) is 5.79 Å². The minimum absolute atomic E-state index is 0.184. The Morgan fingerprint density at radius 1 is 1.00 bits per heavy atom. The van der Waals surface area contributed by atoms with Crippen LogP contribution >= 0.6 is 0 Å². The Hall–Kier alpha value is -0.600. The second-order valence-electron chi connectivity index (χ2n) is 3.77. The zero-order valence-electron chi connectivity index (χ0n) is 7.87. The molecule has 0 aliphatic carbocycles. The molecule has 0 amide bonds. The standard InChI is InChI=1S/C11H16O2/c1-3-9-5-7-11(12-9)8-6-10(4-2)13-11/h3-4,9-10H,1-2,5-8H2. The highest BCUT2D eigenvalue weighted by Gasteiger charge is 2.45. The van der Waals surface area contributed by atoms with E-state index in [4.69, 9.17) is 9.47 Å². The van der Waals surface area contributed by atoms with Crippen molar-refractivity contribution in [1.29, 1.82) is 0 Å². The van der Waals surface area contributed by atoms with Crippen LogP contribution in [0.3, 0.4) is 0 Å². The lowest BCUT2D eigenvalue weighted by atomic mass is 10.1. The molecule has 2 unspecified atom stereocenters. The fourth-order valence-corrected chi connectivity index (χ4v) is 2.11. The Morgan fingerprint density at radius 2 is 1.46 bits per heavy atom. The largest absolute Gasteiger partial charge is 0.343 e. The van der Waals surface area contributed by atoms with Crippen LogP contribution in [0.25, 0.3) is 0 Å². The van der Waals surface area contributed by atoms with Gasteiger partial charge in [0.05, 0.1) is 12.2 Å². The summed E-state index contributed by atoms with van der Waals surface area (Å²) in [7, 11) is 0. The van der Waals surface area contributed by atoms with Gasteiger partial charge < -0.3 is 9.47 Å². The fraction of sp³-hybridized carbons (Fsp3) is 0.636. The summed E-state index contributed by atoms with van der Waals surface area (Å²) in [6.45, 7) is 7.47. The van der Waals surface area contributed by atoms with E-state index in [1.807, 2.05) is 12.2 Å². The van der Waals surface area contributed by atoms with Gasteiger partial charge in [-0.2, -0.15) is 0 Å². The third kappa shape index (κ3) is 1.56. The van der Waals surface area contributed by atoms with Gasteiger partial charge in [-0.3, -0.25) is 0 Å². The van der Waals surface area contributed by atoms with Crippen molar-refractivity contribution in [3.05, 3.63) is 25.3 Å². The van der Waals surface area contributed by atoms with Crippen LogP contribution in [0.4, 0.5) is 0 Å². The van der Waals surface area contributed by atoms with Gasteiger partial charge in [0, 0.05) is 12.8 Å². The van der Waals surface area contributed by atoms with E-state index in [-0.39, 0.29) is 18.0 Å². The fourth-order valence-electron chi connectivity index (χ4n) is 2.11. The molecule has 0 aromatic carbocycles. The molecule has 0 saturated carbocycles. The Kier molecular flexibility index (Phi) is 2.26. The molecule has 2 heteroatoms. The summed E-state index contributed by atoms with van der Waals surface area (Å²) in [5, 5.41) is 0. The van der Waals surface area contributed by atoms with E-state index in [1.54, 1.807) is 0 Å². The Morgan fingerprint density at radius 3 is 1.77 bits per heavy atom. The van der Waals surface area contributed by atoms with Gasteiger partial charge in [0.25, 0.3) is 0 Å². The maximum atomic E-state index is 5.80. The molecular weight excluding hydrogens is 164 g/mol. The molecule has 0 bridgehead atoms. The summed E-state index contributed by atoms with van der Waals surface area (Å²) < 4.78 is 11.6. The second kappa shape index (κ2) is 3.28. The van der Waals surface area contributed by atoms with Crippen molar-refractivity contribution in [2.75, 3.05) is 0 Å². The average molecular weight is 180 g/mol. The molecule has 0 N–H and O–H groups in total. The molecule has 2 aliphatic rings. The number of ether oxygens (including phenoxy) is 2. The smallest absolute Gasteiger partial charge is 0.170 e. The molecule has 2 nitrogen and oxygen atoms in total. The predicted molar refractivity (Wildman–Crippen MR) is 51.3 cm³/mol. The average Bonchev–Trinajstić information content (AvgIpc) is 2.74. The zero-order valence-corrected chi connectivity index (χ0v) is 7.87. The highest BCUT2D eigenvalue weighted by atomic mass is 16.7.